The lowest BCUT2D eigenvalue weighted by Crippen LogP contribution is -2.36. The molecule has 0 aromatic heterocycles. The summed E-state index contributed by atoms with van der Waals surface area (Å²) in [4.78, 5) is 0. The van der Waals surface area contributed by atoms with Gasteiger partial charge in [-0.2, -0.15) is 0 Å². The second-order valence-corrected chi connectivity index (χ2v) is 7.72. The zero-order valence-corrected chi connectivity index (χ0v) is 15.0. The zero-order valence-electron chi connectivity index (χ0n) is 14.3. The van der Waals surface area contributed by atoms with Crippen LogP contribution < -0.4 is 0 Å². The lowest BCUT2D eigenvalue weighted by Gasteiger charge is -2.32. The van der Waals surface area contributed by atoms with Gasteiger partial charge in [-0.05, 0) is 42.0 Å². The van der Waals surface area contributed by atoms with Crippen molar-refractivity contribution in [3.05, 3.63) is 47.5 Å². The molecule has 1 aliphatic carbocycles. The Bertz CT molecular complexity index is 713. The van der Waals surface area contributed by atoms with Gasteiger partial charge in [-0.15, -0.1) is 11.6 Å². The number of hydrogen-bond donors (Lipinski definition) is 0. The van der Waals surface area contributed by atoms with Gasteiger partial charge in [-0.3, -0.25) is 0 Å². The van der Waals surface area contributed by atoms with Crippen molar-refractivity contribution in [2.75, 3.05) is 13.2 Å². The summed E-state index contributed by atoms with van der Waals surface area (Å²) in [6.07, 6.45) is 6.66. The van der Waals surface area contributed by atoms with Crippen LogP contribution in [0.5, 0.6) is 0 Å². The monoisotopic (exact) mass is 344 g/mol. The number of fused-ring (bicyclic) bond motifs is 1. The summed E-state index contributed by atoms with van der Waals surface area (Å²) < 4.78 is 12.1. The Morgan fingerprint density at radius 3 is 2.29 bits per heavy atom. The Labute approximate surface area is 149 Å². The molecule has 0 N–H and O–H groups in total. The van der Waals surface area contributed by atoms with Crippen molar-refractivity contribution in [3.63, 3.8) is 0 Å². The maximum atomic E-state index is 6.51. The molecule has 1 saturated carbocycles. The zero-order chi connectivity index (χ0) is 16.6. The molecule has 0 bridgehead atoms. The maximum Gasteiger partial charge on any atom is 0.212 e. The van der Waals surface area contributed by atoms with Crippen LogP contribution in [0.1, 0.15) is 56.1 Å². The molecule has 1 heterocycles. The lowest BCUT2D eigenvalue weighted by atomic mass is 9.80. The van der Waals surface area contributed by atoms with Crippen molar-refractivity contribution in [2.24, 2.45) is 0 Å². The van der Waals surface area contributed by atoms with Crippen LogP contribution in [0.25, 0.3) is 10.8 Å². The summed E-state index contributed by atoms with van der Waals surface area (Å²) in [5.74, 6) is -0.154. The molecule has 1 aliphatic heterocycles. The van der Waals surface area contributed by atoms with Crippen LogP contribution in [0, 0.1) is 0 Å². The molecule has 0 spiro atoms. The number of benzene rings is 2. The molecule has 24 heavy (non-hydrogen) atoms. The van der Waals surface area contributed by atoms with Crippen molar-refractivity contribution in [3.8, 4) is 0 Å². The predicted octanol–water partition coefficient (Wildman–Crippen LogP) is 5.71. The summed E-state index contributed by atoms with van der Waals surface area (Å²) in [5.41, 5.74) is 2.54. The van der Waals surface area contributed by atoms with E-state index in [-0.39, 0.29) is 5.38 Å². The first-order valence-corrected chi connectivity index (χ1v) is 9.60. The normalized spacial score (nSPS) is 22.8. The molecule has 0 amide bonds. The second kappa shape index (κ2) is 6.67. The van der Waals surface area contributed by atoms with Crippen LogP contribution in [0.4, 0.5) is 0 Å². The van der Waals surface area contributed by atoms with Gasteiger partial charge in [-0.1, -0.05) is 55.7 Å². The first-order chi connectivity index (χ1) is 11.7. The van der Waals surface area contributed by atoms with Gasteiger partial charge in [0.1, 0.15) is 0 Å². The average Bonchev–Trinajstić information content (AvgIpc) is 3.12. The molecule has 1 unspecified atom stereocenters. The second-order valence-electron chi connectivity index (χ2n) is 7.06. The van der Waals surface area contributed by atoms with Crippen molar-refractivity contribution in [2.45, 2.75) is 56.1 Å². The third kappa shape index (κ3) is 2.65. The molecule has 2 nitrogen and oxygen atoms in total. The molecule has 2 aromatic carbocycles. The van der Waals surface area contributed by atoms with Gasteiger partial charge in [0.25, 0.3) is 0 Å². The van der Waals surface area contributed by atoms with Crippen LogP contribution in [0.15, 0.2) is 36.4 Å². The van der Waals surface area contributed by atoms with E-state index in [0.29, 0.717) is 19.1 Å². The van der Waals surface area contributed by atoms with Crippen molar-refractivity contribution >= 4 is 22.4 Å². The van der Waals surface area contributed by atoms with Gasteiger partial charge >= 0.3 is 0 Å². The predicted molar refractivity (Wildman–Crippen MR) is 98.7 cm³/mol. The molecule has 2 aromatic rings. The minimum Gasteiger partial charge on any atom is -0.342 e. The molecule has 4 rings (SSSR count). The Balaban J connectivity index is 1.87. The van der Waals surface area contributed by atoms with Gasteiger partial charge in [0.2, 0.25) is 5.79 Å². The third-order valence-corrected chi connectivity index (χ3v) is 5.91. The molecular formula is C21H25ClO2. The van der Waals surface area contributed by atoms with E-state index in [1.54, 1.807) is 0 Å². The topological polar surface area (TPSA) is 18.5 Å². The fourth-order valence-corrected chi connectivity index (χ4v) is 4.67. The van der Waals surface area contributed by atoms with Crippen molar-refractivity contribution < 1.29 is 9.47 Å². The summed E-state index contributed by atoms with van der Waals surface area (Å²) in [6, 6.07) is 13.1. The molecule has 128 valence electrons. The smallest absolute Gasteiger partial charge is 0.212 e. The van der Waals surface area contributed by atoms with Crippen LogP contribution in [0.2, 0.25) is 0 Å². The van der Waals surface area contributed by atoms with Crippen LogP contribution >= 0.6 is 11.6 Å². The minimum absolute atomic E-state index is 0.246. The van der Waals surface area contributed by atoms with Crippen LogP contribution in [-0.4, -0.2) is 18.6 Å². The molecule has 1 saturated heterocycles. The summed E-state index contributed by atoms with van der Waals surface area (Å²) in [7, 11) is 0. The average molecular weight is 345 g/mol. The highest BCUT2D eigenvalue weighted by Gasteiger charge is 2.44. The van der Waals surface area contributed by atoms with Crippen molar-refractivity contribution in [1.82, 2.24) is 0 Å². The number of ether oxygens (including phenoxy) is 2. The molecule has 1 atom stereocenters. The van der Waals surface area contributed by atoms with Gasteiger partial charge < -0.3 is 9.47 Å². The first-order valence-electron chi connectivity index (χ1n) is 9.16. The molecule has 2 aliphatic rings. The fourth-order valence-electron chi connectivity index (χ4n) is 4.42. The van der Waals surface area contributed by atoms with E-state index in [1.165, 1.54) is 48.4 Å². The van der Waals surface area contributed by atoms with Crippen molar-refractivity contribution in [1.29, 1.82) is 0 Å². The number of alkyl halides is 1. The quantitative estimate of drug-likeness (QED) is 0.663. The first kappa shape index (κ1) is 16.4. The largest absolute Gasteiger partial charge is 0.342 e. The Kier molecular flexibility index (Phi) is 4.55. The van der Waals surface area contributed by atoms with E-state index in [4.69, 9.17) is 21.1 Å². The van der Waals surface area contributed by atoms with E-state index < -0.39 is 5.79 Å². The van der Waals surface area contributed by atoms with Gasteiger partial charge in [0.05, 0.1) is 18.6 Å². The van der Waals surface area contributed by atoms with Gasteiger partial charge in [0, 0.05) is 5.56 Å². The Morgan fingerprint density at radius 2 is 1.62 bits per heavy atom. The number of halogens is 1. The van der Waals surface area contributed by atoms with E-state index >= 15 is 0 Å². The summed E-state index contributed by atoms with van der Waals surface area (Å²) in [6.45, 7) is 3.14. The minimum atomic E-state index is -0.827. The SMILES string of the molecule is CC(Cl)C1(c2ccc(C3CCCCC3)c3ccccc23)OCCO1. The standard InChI is InChI=1S/C21H25ClO2/c1-15(22)21(23-13-14-24-21)20-12-11-17(16-7-3-2-4-8-16)18-9-5-6-10-19(18)20/h5-6,9-12,15-16H,2-4,7-8,13-14H2,1H3. The summed E-state index contributed by atoms with van der Waals surface area (Å²) >= 11 is 6.51. The molecule has 2 fully saturated rings. The molecular weight excluding hydrogens is 320 g/mol. The summed E-state index contributed by atoms with van der Waals surface area (Å²) in [5, 5.41) is 2.30. The maximum absolute atomic E-state index is 6.51. The Hall–Kier alpha value is -1.09. The highest BCUT2D eigenvalue weighted by Crippen LogP contribution is 2.44. The van der Waals surface area contributed by atoms with E-state index in [1.807, 2.05) is 6.92 Å². The van der Waals surface area contributed by atoms with E-state index in [2.05, 4.69) is 36.4 Å². The van der Waals surface area contributed by atoms with Gasteiger partial charge in [0.15, 0.2) is 0 Å². The lowest BCUT2D eigenvalue weighted by molar-refractivity contribution is -0.163. The third-order valence-electron chi connectivity index (χ3n) is 5.62. The van der Waals surface area contributed by atoms with E-state index in [0.717, 1.165) is 5.56 Å². The van der Waals surface area contributed by atoms with Crippen LogP contribution in [0.3, 0.4) is 0 Å². The molecule has 3 heteroatoms. The Morgan fingerprint density at radius 1 is 0.958 bits per heavy atom. The fraction of sp³-hybridized carbons (Fsp3) is 0.524. The van der Waals surface area contributed by atoms with E-state index in [9.17, 15) is 0 Å². The highest BCUT2D eigenvalue weighted by molar-refractivity contribution is 6.21. The number of rotatable bonds is 3. The molecule has 0 radical (unpaired) electrons. The number of hydrogen-bond acceptors (Lipinski definition) is 2. The highest BCUT2D eigenvalue weighted by atomic mass is 35.5. The van der Waals surface area contributed by atoms with Crippen LogP contribution in [-0.2, 0) is 15.3 Å². The van der Waals surface area contributed by atoms with Gasteiger partial charge in [-0.25, -0.2) is 0 Å².